The van der Waals surface area contributed by atoms with Crippen molar-refractivity contribution in [2.45, 2.75) is 78.4 Å². The molecule has 0 bridgehead atoms. The van der Waals surface area contributed by atoms with Crippen molar-refractivity contribution in [1.29, 1.82) is 0 Å². The Morgan fingerprint density at radius 1 is 1.22 bits per heavy atom. The molecule has 2 rings (SSSR count). The Bertz CT molecular complexity index is 563. The van der Waals surface area contributed by atoms with Crippen LogP contribution in [0.25, 0.3) is 0 Å². The van der Waals surface area contributed by atoms with Crippen LogP contribution in [0.2, 0.25) is 0 Å². The minimum absolute atomic E-state index is 0.296. The third-order valence-corrected chi connectivity index (χ3v) is 5.08. The van der Waals surface area contributed by atoms with E-state index in [1.165, 1.54) is 32.1 Å². The van der Waals surface area contributed by atoms with Gasteiger partial charge in [-0.25, -0.2) is 4.99 Å². The molecule has 2 N–H and O–H groups in total. The summed E-state index contributed by atoms with van der Waals surface area (Å²) >= 11 is 0. The van der Waals surface area contributed by atoms with Crippen molar-refractivity contribution >= 4 is 5.96 Å². The Balaban J connectivity index is 1.76. The van der Waals surface area contributed by atoms with E-state index in [1.807, 2.05) is 18.5 Å². The monoisotopic (exact) mass is 378 g/mol. The van der Waals surface area contributed by atoms with E-state index in [4.69, 9.17) is 9.73 Å². The van der Waals surface area contributed by atoms with Gasteiger partial charge in [0.2, 0.25) is 0 Å². The Kier molecular flexibility index (Phi) is 9.59. The van der Waals surface area contributed by atoms with Gasteiger partial charge in [-0.2, -0.15) is 0 Å². The van der Waals surface area contributed by atoms with Gasteiger partial charge < -0.3 is 19.9 Å². The van der Waals surface area contributed by atoms with E-state index in [-0.39, 0.29) is 0 Å². The fourth-order valence-electron chi connectivity index (χ4n) is 3.17. The Hall–Kier alpha value is -1.63. The zero-order valence-corrected chi connectivity index (χ0v) is 17.6. The van der Waals surface area contributed by atoms with Gasteiger partial charge in [-0.1, -0.05) is 39.5 Å². The quantitative estimate of drug-likeness (QED) is 0.352. The highest BCUT2D eigenvalue weighted by molar-refractivity contribution is 5.79. The van der Waals surface area contributed by atoms with E-state index in [0.29, 0.717) is 12.6 Å². The summed E-state index contributed by atoms with van der Waals surface area (Å²) in [5.74, 6) is 3.43. The van der Waals surface area contributed by atoms with Crippen LogP contribution in [0, 0.1) is 12.8 Å². The van der Waals surface area contributed by atoms with Crippen molar-refractivity contribution < 1.29 is 4.74 Å². The second-order valence-corrected chi connectivity index (χ2v) is 7.93. The molecule has 27 heavy (non-hydrogen) atoms. The van der Waals surface area contributed by atoms with Gasteiger partial charge in [0.05, 0.1) is 6.10 Å². The minimum Gasteiger partial charge on any atom is -0.376 e. The van der Waals surface area contributed by atoms with E-state index >= 15 is 0 Å². The molecule has 1 aromatic heterocycles. The average molecular weight is 379 g/mol. The summed E-state index contributed by atoms with van der Waals surface area (Å²) in [7, 11) is 1.98. The Morgan fingerprint density at radius 3 is 2.70 bits per heavy atom. The number of hydrogen-bond donors (Lipinski definition) is 2. The van der Waals surface area contributed by atoms with Crippen LogP contribution in [0.3, 0.4) is 0 Å². The third-order valence-electron chi connectivity index (χ3n) is 5.08. The van der Waals surface area contributed by atoms with Crippen molar-refractivity contribution in [1.82, 2.24) is 25.4 Å². The number of aliphatic imine (C=N–C) groups is 1. The largest absolute Gasteiger partial charge is 0.376 e. The van der Waals surface area contributed by atoms with Crippen molar-refractivity contribution in [2.75, 3.05) is 19.7 Å². The minimum atomic E-state index is 0.296. The predicted molar refractivity (Wildman–Crippen MR) is 110 cm³/mol. The van der Waals surface area contributed by atoms with Gasteiger partial charge >= 0.3 is 0 Å². The normalized spacial score (nSPS) is 17.7. The molecule has 0 saturated carbocycles. The van der Waals surface area contributed by atoms with Crippen LogP contribution in [0.5, 0.6) is 0 Å². The van der Waals surface area contributed by atoms with Crippen LogP contribution in [0.15, 0.2) is 4.99 Å². The maximum atomic E-state index is 5.71. The molecule has 1 atom stereocenters. The second-order valence-electron chi connectivity index (χ2n) is 7.93. The lowest BCUT2D eigenvalue weighted by Crippen LogP contribution is -2.41. The maximum Gasteiger partial charge on any atom is 0.191 e. The number of unbranched alkanes of at least 4 members (excludes halogenated alkanes) is 3. The van der Waals surface area contributed by atoms with Crippen molar-refractivity contribution in [2.24, 2.45) is 18.0 Å². The van der Waals surface area contributed by atoms with Crippen LogP contribution >= 0.6 is 0 Å². The zero-order chi connectivity index (χ0) is 19.5. The van der Waals surface area contributed by atoms with Crippen LogP contribution in [-0.2, 0) is 18.3 Å². The van der Waals surface area contributed by atoms with E-state index in [2.05, 4.69) is 34.7 Å². The fourth-order valence-corrected chi connectivity index (χ4v) is 3.17. The van der Waals surface area contributed by atoms with E-state index in [0.717, 1.165) is 56.1 Å². The van der Waals surface area contributed by atoms with E-state index < -0.39 is 0 Å². The molecule has 154 valence electrons. The standard InChI is InChI=1S/C20H38N6O/c1-16(2)10-7-5-6-8-12-21-20(22-14-18-11-9-13-27-18)23-15-19-25-24-17(3)26(19)4/h16,18H,5-15H2,1-4H3,(H2,21,22,23). The summed E-state index contributed by atoms with van der Waals surface area (Å²) in [5, 5.41) is 15.2. The van der Waals surface area contributed by atoms with Gasteiger partial charge in [0.1, 0.15) is 12.4 Å². The number of ether oxygens (including phenoxy) is 1. The molecule has 7 nitrogen and oxygen atoms in total. The summed E-state index contributed by atoms with van der Waals surface area (Å²) in [6.45, 7) is 9.68. The van der Waals surface area contributed by atoms with Gasteiger partial charge in [-0.3, -0.25) is 0 Å². The van der Waals surface area contributed by atoms with E-state index in [1.54, 1.807) is 0 Å². The second kappa shape index (κ2) is 12.0. The first-order valence-electron chi connectivity index (χ1n) is 10.5. The molecule has 1 fully saturated rings. The van der Waals surface area contributed by atoms with Gasteiger partial charge in [0, 0.05) is 26.7 Å². The molecule has 0 spiro atoms. The van der Waals surface area contributed by atoms with E-state index in [9.17, 15) is 0 Å². The molecular weight excluding hydrogens is 340 g/mol. The number of aromatic nitrogens is 3. The lowest BCUT2D eigenvalue weighted by Gasteiger charge is -2.15. The molecule has 1 unspecified atom stereocenters. The predicted octanol–water partition coefficient (Wildman–Crippen LogP) is 2.94. The summed E-state index contributed by atoms with van der Waals surface area (Å²) in [6, 6.07) is 0. The first-order chi connectivity index (χ1) is 13.1. The summed E-state index contributed by atoms with van der Waals surface area (Å²) in [4.78, 5) is 4.70. The molecule has 0 aliphatic carbocycles. The van der Waals surface area contributed by atoms with Crippen LogP contribution in [-0.4, -0.2) is 46.5 Å². The number of rotatable bonds is 11. The number of nitrogens with one attached hydrogen (secondary N) is 2. The van der Waals surface area contributed by atoms with Crippen LogP contribution in [0.4, 0.5) is 0 Å². The van der Waals surface area contributed by atoms with Crippen molar-refractivity contribution in [3.8, 4) is 0 Å². The molecule has 1 aliphatic heterocycles. The number of aryl methyl sites for hydroxylation is 1. The van der Waals surface area contributed by atoms with Crippen LogP contribution in [0.1, 0.15) is 70.4 Å². The first-order valence-corrected chi connectivity index (χ1v) is 10.5. The topological polar surface area (TPSA) is 76.4 Å². The lowest BCUT2D eigenvalue weighted by atomic mass is 10.0. The molecule has 2 heterocycles. The molecule has 7 heteroatoms. The van der Waals surface area contributed by atoms with Gasteiger partial charge in [0.15, 0.2) is 11.8 Å². The highest BCUT2D eigenvalue weighted by Crippen LogP contribution is 2.11. The number of guanidine groups is 1. The zero-order valence-electron chi connectivity index (χ0n) is 17.6. The Labute approximate surface area is 164 Å². The molecule has 1 saturated heterocycles. The molecular formula is C20H38N6O. The smallest absolute Gasteiger partial charge is 0.191 e. The summed E-state index contributed by atoms with van der Waals surface area (Å²) in [6.07, 6.45) is 8.99. The van der Waals surface area contributed by atoms with Crippen molar-refractivity contribution in [3.63, 3.8) is 0 Å². The molecule has 0 amide bonds. The highest BCUT2D eigenvalue weighted by atomic mass is 16.5. The molecule has 1 aromatic rings. The van der Waals surface area contributed by atoms with Gasteiger partial charge in [-0.15, -0.1) is 10.2 Å². The number of hydrogen-bond acceptors (Lipinski definition) is 4. The Morgan fingerprint density at radius 2 is 2.04 bits per heavy atom. The molecule has 0 radical (unpaired) electrons. The summed E-state index contributed by atoms with van der Waals surface area (Å²) < 4.78 is 7.69. The molecule has 1 aliphatic rings. The number of nitrogens with zero attached hydrogens (tertiary/aromatic N) is 4. The maximum absolute atomic E-state index is 5.71. The van der Waals surface area contributed by atoms with Crippen molar-refractivity contribution in [3.05, 3.63) is 11.6 Å². The fraction of sp³-hybridized carbons (Fsp3) is 0.850. The highest BCUT2D eigenvalue weighted by Gasteiger charge is 2.15. The van der Waals surface area contributed by atoms with Gasteiger partial charge in [-0.05, 0) is 32.1 Å². The average Bonchev–Trinajstić information content (AvgIpc) is 3.27. The lowest BCUT2D eigenvalue weighted by molar-refractivity contribution is 0.114. The third kappa shape index (κ3) is 8.28. The van der Waals surface area contributed by atoms with Gasteiger partial charge in [0.25, 0.3) is 0 Å². The SMILES string of the molecule is Cc1nnc(CN=C(NCCCCCCC(C)C)NCC2CCCO2)n1C. The molecule has 0 aromatic carbocycles. The van der Waals surface area contributed by atoms with Crippen LogP contribution < -0.4 is 10.6 Å². The summed E-state index contributed by atoms with van der Waals surface area (Å²) in [5.41, 5.74) is 0. The first kappa shape index (κ1) is 21.7.